The summed E-state index contributed by atoms with van der Waals surface area (Å²) in [4.78, 5) is 6.62. The lowest BCUT2D eigenvalue weighted by atomic mass is 9.57. The zero-order valence-corrected chi connectivity index (χ0v) is 20.4. The zero-order valence-electron chi connectivity index (χ0n) is 19.6. The molecule has 4 bridgehead atoms. The first kappa shape index (κ1) is 22.4. The summed E-state index contributed by atoms with van der Waals surface area (Å²) in [6.07, 6.45) is 5.34. The molecule has 5 atom stereocenters. The summed E-state index contributed by atoms with van der Waals surface area (Å²) in [5, 5.41) is 1.29. The minimum Gasteiger partial charge on any atom is -0.382 e. The van der Waals surface area contributed by atoms with Crippen molar-refractivity contribution in [1.29, 1.82) is 0 Å². The van der Waals surface area contributed by atoms with Crippen molar-refractivity contribution in [3.05, 3.63) is 35.0 Å². The van der Waals surface area contributed by atoms with Gasteiger partial charge in [0.15, 0.2) is 0 Å². The first-order chi connectivity index (χ1) is 15.3. The molecule has 3 aliphatic heterocycles. The van der Waals surface area contributed by atoms with Gasteiger partial charge in [-0.15, -0.1) is 0 Å². The second-order valence-corrected chi connectivity index (χ2v) is 12.3. The van der Waals surface area contributed by atoms with Crippen molar-refractivity contribution in [2.24, 2.45) is 11.8 Å². The Hall–Kier alpha value is -1.41. The molecule has 4 heterocycles. The van der Waals surface area contributed by atoms with Gasteiger partial charge in [0, 0.05) is 54.4 Å². The quantitative estimate of drug-likeness (QED) is 0.595. The highest BCUT2D eigenvalue weighted by Gasteiger charge is 2.55. The molecule has 0 spiro atoms. The van der Waals surface area contributed by atoms with Crippen LogP contribution < -0.4 is 4.72 Å². The van der Waals surface area contributed by atoms with E-state index in [1.165, 1.54) is 48.6 Å². The van der Waals surface area contributed by atoms with Crippen LogP contribution in [0.1, 0.15) is 49.9 Å². The molecule has 176 valence electrons. The Labute approximate surface area is 192 Å². The van der Waals surface area contributed by atoms with Gasteiger partial charge in [-0.25, -0.2) is 13.1 Å². The molecule has 6 nitrogen and oxygen atoms in total. The van der Waals surface area contributed by atoms with E-state index >= 15 is 0 Å². The van der Waals surface area contributed by atoms with Crippen LogP contribution in [0.3, 0.4) is 0 Å². The van der Waals surface area contributed by atoms with Crippen LogP contribution in [0.2, 0.25) is 0 Å². The molecule has 1 aromatic heterocycles. The van der Waals surface area contributed by atoms with Crippen molar-refractivity contribution in [3.8, 4) is 0 Å². The molecule has 6 rings (SSSR count). The maximum atomic E-state index is 11.9. The highest BCUT2D eigenvalue weighted by Crippen LogP contribution is 2.54. The van der Waals surface area contributed by atoms with Gasteiger partial charge in [-0.2, -0.15) is 0 Å². The second-order valence-electron chi connectivity index (χ2n) is 10.3. The van der Waals surface area contributed by atoms with Crippen molar-refractivity contribution >= 4 is 20.9 Å². The summed E-state index contributed by atoms with van der Waals surface area (Å²) in [5.41, 5.74) is 5.31. The van der Waals surface area contributed by atoms with E-state index in [2.05, 4.69) is 46.7 Å². The van der Waals surface area contributed by atoms with Crippen LogP contribution in [0.4, 0.5) is 0 Å². The number of piperidine rings is 2. The van der Waals surface area contributed by atoms with Crippen LogP contribution in [0.25, 0.3) is 10.9 Å². The average Bonchev–Trinajstić information content (AvgIpc) is 3.11. The Kier molecular flexibility index (Phi) is 5.89. The molecule has 5 unspecified atom stereocenters. The lowest BCUT2D eigenvalue weighted by Gasteiger charge is -2.58. The molecule has 0 radical (unpaired) electrons. The predicted molar refractivity (Wildman–Crippen MR) is 129 cm³/mol. The number of aryl methyl sites for hydroxylation is 1. The summed E-state index contributed by atoms with van der Waals surface area (Å²) in [7, 11) is -1.72. The number of aromatic nitrogens is 1. The number of rotatable bonds is 8. The lowest BCUT2D eigenvalue weighted by molar-refractivity contribution is -0.0601. The maximum Gasteiger partial charge on any atom is 0.211 e. The Morgan fingerprint density at radius 3 is 2.97 bits per heavy atom. The Morgan fingerprint density at radius 1 is 1.34 bits per heavy atom. The van der Waals surface area contributed by atoms with Crippen LogP contribution in [-0.4, -0.2) is 63.4 Å². The molecule has 2 saturated heterocycles. The van der Waals surface area contributed by atoms with Gasteiger partial charge in [0.05, 0.1) is 5.75 Å². The fourth-order valence-corrected chi connectivity index (χ4v) is 7.82. The molecule has 1 aromatic carbocycles. The summed E-state index contributed by atoms with van der Waals surface area (Å²) in [6.45, 7) is 8.58. The molecule has 4 aliphatic rings. The van der Waals surface area contributed by atoms with Crippen molar-refractivity contribution in [1.82, 2.24) is 14.6 Å². The highest BCUT2D eigenvalue weighted by atomic mass is 32.2. The topological polar surface area (TPSA) is 74.4 Å². The van der Waals surface area contributed by atoms with Gasteiger partial charge >= 0.3 is 0 Å². The second kappa shape index (κ2) is 8.42. The highest BCUT2D eigenvalue weighted by molar-refractivity contribution is 7.89. The molecule has 2 N–H and O–H groups in total. The minimum atomic E-state index is -3.20. The molecule has 3 fully saturated rings. The molecule has 2 aromatic rings. The standard InChI is InChI=1S/C25H37N3O3S/c1-4-31-11-8-19-13-18-15-25(2)23-20(7-10-28(16-18)24(19)25)21-14-17(5-6-22(21)27-23)9-12-32(29,30)26-3/h5-6,14,18-19,24,26-27H,4,7-13,15-16H2,1-3H3. The fourth-order valence-electron chi connectivity index (χ4n) is 7.11. The van der Waals surface area contributed by atoms with E-state index in [0.29, 0.717) is 18.4 Å². The van der Waals surface area contributed by atoms with Crippen LogP contribution in [0.5, 0.6) is 0 Å². The van der Waals surface area contributed by atoms with E-state index in [0.717, 1.165) is 44.1 Å². The molecule has 1 aliphatic carbocycles. The largest absolute Gasteiger partial charge is 0.382 e. The molecular weight excluding hydrogens is 422 g/mol. The van der Waals surface area contributed by atoms with Crippen molar-refractivity contribution in [2.75, 3.05) is 39.1 Å². The third kappa shape index (κ3) is 3.81. The van der Waals surface area contributed by atoms with Gasteiger partial charge < -0.3 is 9.72 Å². The predicted octanol–water partition coefficient (Wildman–Crippen LogP) is 3.21. The van der Waals surface area contributed by atoms with Crippen LogP contribution in [-0.2, 0) is 33.0 Å². The molecule has 1 saturated carbocycles. The normalized spacial score (nSPS) is 31.6. The van der Waals surface area contributed by atoms with E-state index in [1.807, 2.05) is 0 Å². The molecule has 32 heavy (non-hydrogen) atoms. The zero-order chi connectivity index (χ0) is 22.5. The summed E-state index contributed by atoms with van der Waals surface area (Å²) < 4.78 is 32.0. The first-order valence-electron chi connectivity index (χ1n) is 12.2. The van der Waals surface area contributed by atoms with Crippen molar-refractivity contribution < 1.29 is 13.2 Å². The number of nitrogens with one attached hydrogen (secondary N) is 2. The molecule has 0 amide bonds. The number of aromatic amines is 1. The van der Waals surface area contributed by atoms with E-state index in [4.69, 9.17) is 4.74 Å². The van der Waals surface area contributed by atoms with E-state index in [9.17, 15) is 8.42 Å². The van der Waals surface area contributed by atoms with Crippen LogP contribution in [0.15, 0.2) is 18.2 Å². The van der Waals surface area contributed by atoms with Gasteiger partial charge in [-0.05, 0) is 81.2 Å². The number of hydrogen-bond acceptors (Lipinski definition) is 4. The Morgan fingerprint density at radius 2 is 2.19 bits per heavy atom. The van der Waals surface area contributed by atoms with Gasteiger partial charge in [-0.3, -0.25) is 4.90 Å². The Bertz CT molecular complexity index is 1100. The van der Waals surface area contributed by atoms with Crippen LogP contribution >= 0.6 is 0 Å². The fraction of sp³-hybridized carbons (Fsp3) is 0.680. The number of nitrogens with zero attached hydrogens (tertiary/aromatic N) is 1. The third-order valence-electron chi connectivity index (χ3n) is 8.33. The number of H-pyrrole nitrogens is 1. The Balaban J connectivity index is 1.49. The SMILES string of the molecule is CCOCCC1CC2CN3CCc4c([nH]c5ccc(CCS(=O)(=O)NC)cc45)C(C)(C2)C13. The molecule has 7 heteroatoms. The number of benzene rings is 1. The van der Waals surface area contributed by atoms with Gasteiger partial charge in [0.2, 0.25) is 10.0 Å². The number of ether oxygens (including phenoxy) is 1. The van der Waals surface area contributed by atoms with Gasteiger partial charge in [0.25, 0.3) is 0 Å². The average molecular weight is 460 g/mol. The number of hydrogen-bond donors (Lipinski definition) is 2. The summed E-state index contributed by atoms with van der Waals surface area (Å²) >= 11 is 0. The number of sulfonamides is 1. The van der Waals surface area contributed by atoms with Gasteiger partial charge in [-0.1, -0.05) is 13.0 Å². The molecular formula is C25H37N3O3S. The van der Waals surface area contributed by atoms with Crippen LogP contribution in [0, 0.1) is 11.8 Å². The van der Waals surface area contributed by atoms with E-state index in [1.54, 1.807) is 0 Å². The van der Waals surface area contributed by atoms with Gasteiger partial charge in [0.1, 0.15) is 0 Å². The number of fused-ring (bicyclic) bond motifs is 4. The summed E-state index contributed by atoms with van der Waals surface area (Å²) in [5.74, 6) is 1.58. The van der Waals surface area contributed by atoms with E-state index < -0.39 is 10.0 Å². The maximum absolute atomic E-state index is 11.9. The smallest absolute Gasteiger partial charge is 0.211 e. The van der Waals surface area contributed by atoms with Crippen molar-refractivity contribution in [3.63, 3.8) is 0 Å². The third-order valence-corrected chi connectivity index (χ3v) is 9.70. The first-order valence-corrected chi connectivity index (χ1v) is 13.9. The lowest BCUT2D eigenvalue weighted by Crippen LogP contribution is -2.63. The minimum absolute atomic E-state index is 0.123. The monoisotopic (exact) mass is 459 g/mol. The van der Waals surface area contributed by atoms with Crippen molar-refractivity contribution in [2.45, 2.75) is 57.4 Å². The summed E-state index contributed by atoms with van der Waals surface area (Å²) in [6, 6.07) is 7.03. The van der Waals surface area contributed by atoms with E-state index in [-0.39, 0.29) is 11.2 Å².